The minimum Gasteiger partial charge on any atom is -0.489 e. The van der Waals surface area contributed by atoms with Crippen molar-refractivity contribution in [2.45, 2.75) is 11.8 Å². The van der Waals surface area contributed by atoms with Crippen molar-refractivity contribution in [2.24, 2.45) is 5.10 Å². The van der Waals surface area contributed by atoms with Crippen molar-refractivity contribution in [2.75, 3.05) is 24.1 Å². The Hall–Kier alpha value is -4.08. The number of hydrogen-bond donors (Lipinski definition) is 1. The molecule has 0 aliphatic carbocycles. The maximum absolute atomic E-state index is 13.5. The molecule has 10 heteroatoms. The largest absolute Gasteiger partial charge is 0.489 e. The van der Waals surface area contributed by atoms with Crippen molar-refractivity contribution in [3.63, 3.8) is 0 Å². The van der Waals surface area contributed by atoms with Gasteiger partial charge in [0.15, 0.2) is 0 Å². The fourth-order valence-electron chi connectivity index (χ4n) is 3.26. The minimum atomic E-state index is -4.08. The van der Waals surface area contributed by atoms with Crippen molar-refractivity contribution < 1.29 is 22.7 Å². The van der Waals surface area contributed by atoms with Gasteiger partial charge in [0, 0.05) is 16.7 Å². The molecule has 198 valence electrons. The first kappa shape index (κ1) is 28.5. The van der Waals surface area contributed by atoms with Crippen molar-refractivity contribution in [1.29, 1.82) is 0 Å². The molecule has 3 aromatic rings. The number of nitrogens with one attached hydrogen (secondary N) is 1. The normalized spacial score (nSPS) is 11.1. The van der Waals surface area contributed by atoms with Gasteiger partial charge in [-0.1, -0.05) is 60.7 Å². The number of carbonyl (C=O) groups is 1. The molecule has 1 N–H and O–H groups in total. The molecule has 38 heavy (non-hydrogen) atoms. The van der Waals surface area contributed by atoms with Gasteiger partial charge < -0.3 is 9.47 Å². The zero-order valence-electron chi connectivity index (χ0n) is 20.8. The summed E-state index contributed by atoms with van der Waals surface area (Å²) in [6, 6.07) is 17.7. The van der Waals surface area contributed by atoms with E-state index in [2.05, 4.69) is 23.7 Å². The van der Waals surface area contributed by atoms with E-state index in [0.717, 1.165) is 9.87 Å². The average molecular weight is 554 g/mol. The second kappa shape index (κ2) is 13.5. The van der Waals surface area contributed by atoms with Crippen LogP contribution in [0.2, 0.25) is 5.02 Å². The molecule has 0 bridgehead atoms. The van der Waals surface area contributed by atoms with Gasteiger partial charge in [0.2, 0.25) is 0 Å². The molecule has 0 aliphatic rings. The summed E-state index contributed by atoms with van der Waals surface area (Å²) in [6.07, 6.45) is 4.62. The SMILES string of the molecule is C=CCOc1ccc(/C=N\NC(=O)CN(c2cccc(Cl)c2)S(=O)(=O)c2ccc(C)cc2)c(OCC=C)c1. The Morgan fingerprint density at radius 3 is 2.42 bits per heavy atom. The van der Waals surface area contributed by atoms with Crippen LogP contribution in [-0.2, 0) is 14.8 Å². The van der Waals surface area contributed by atoms with E-state index in [4.69, 9.17) is 21.1 Å². The lowest BCUT2D eigenvalue weighted by molar-refractivity contribution is -0.119. The van der Waals surface area contributed by atoms with E-state index in [-0.39, 0.29) is 17.2 Å². The van der Waals surface area contributed by atoms with Crippen molar-refractivity contribution in [1.82, 2.24) is 5.43 Å². The molecular weight excluding hydrogens is 526 g/mol. The van der Waals surface area contributed by atoms with E-state index in [1.54, 1.807) is 60.7 Å². The molecule has 0 fully saturated rings. The van der Waals surface area contributed by atoms with E-state index >= 15 is 0 Å². The molecule has 8 nitrogen and oxygen atoms in total. The topological polar surface area (TPSA) is 97.3 Å². The zero-order valence-corrected chi connectivity index (χ0v) is 22.4. The van der Waals surface area contributed by atoms with Crippen LogP contribution in [0.25, 0.3) is 0 Å². The van der Waals surface area contributed by atoms with Crippen LogP contribution in [0, 0.1) is 6.92 Å². The first-order chi connectivity index (χ1) is 18.2. The zero-order chi connectivity index (χ0) is 27.5. The lowest BCUT2D eigenvalue weighted by Crippen LogP contribution is -2.39. The van der Waals surface area contributed by atoms with E-state index in [1.165, 1.54) is 24.4 Å². The van der Waals surface area contributed by atoms with Gasteiger partial charge in [-0.25, -0.2) is 13.8 Å². The van der Waals surface area contributed by atoms with Gasteiger partial charge in [-0.15, -0.1) is 0 Å². The van der Waals surface area contributed by atoms with Crippen LogP contribution < -0.4 is 19.2 Å². The Morgan fingerprint density at radius 2 is 1.74 bits per heavy atom. The maximum Gasteiger partial charge on any atom is 0.264 e. The molecular formula is C28H28ClN3O5S. The molecule has 0 atom stereocenters. The molecule has 0 spiro atoms. The molecule has 0 heterocycles. The quantitative estimate of drug-likeness (QED) is 0.180. The number of halogens is 1. The lowest BCUT2D eigenvalue weighted by Gasteiger charge is -2.24. The first-order valence-electron chi connectivity index (χ1n) is 11.5. The van der Waals surface area contributed by atoms with E-state index < -0.39 is 22.5 Å². The number of benzene rings is 3. The predicted octanol–water partition coefficient (Wildman–Crippen LogP) is 5.12. The third kappa shape index (κ3) is 7.71. The van der Waals surface area contributed by atoms with E-state index in [0.29, 0.717) is 28.7 Å². The fraction of sp³-hybridized carbons (Fsp3) is 0.143. The fourth-order valence-corrected chi connectivity index (χ4v) is 4.86. The average Bonchev–Trinajstić information content (AvgIpc) is 2.90. The molecule has 0 aliphatic heterocycles. The van der Waals surface area contributed by atoms with Crippen LogP contribution in [0.5, 0.6) is 11.5 Å². The Morgan fingerprint density at radius 1 is 1.03 bits per heavy atom. The van der Waals surface area contributed by atoms with Gasteiger partial charge in [0.1, 0.15) is 31.3 Å². The van der Waals surface area contributed by atoms with E-state index in [9.17, 15) is 13.2 Å². The highest BCUT2D eigenvalue weighted by atomic mass is 35.5. The van der Waals surface area contributed by atoms with Crippen LogP contribution >= 0.6 is 11.6 Å². The molecule has 3 aromatic carbocycles. The molecule has 3 rings (SSSR count). The highest BCUT2D eigenvalue weighted by Crippen LogP contribution is 2.27. The number of rotatable bonds is 13. The summed E-state index contributed by atoms with van der Waals surface area (Å²) in [5, 5.41) is 4.33. The van der Waals surface area contributed by atoms with Gasteiger partial charge in [-0.3, -0.25) is 9.10 Å². The van der Waals surface area contributed by atoms with E-state index in [1.807, 2.05) is 6.92 Å². The van der Waals surface area contributed by atoms with Gasteiger partial charge in [-0.05, 0) is 49.4 Å². The number of ether oxygens (including phenoxy) is 2. The standard InChI is InChI=1S/C28H28ClN3O5S/c1-4-15-36-25-12-11-22(27(18-25)37-16-5-2)19-30-31-28(33)20-32(24-8-6-7-23(29)17-24)38(34,35)26-13-9-21(3)10-14-26/h4-14,17-19H,1-2,15-16,20H2,3H3,(H,31,33)/b30-19-. The van der Waals surface area contributed by atoms with Crippen LogP contribution in [-0.4, -0.2) is 40.3 Å². The number of nitrogens with zero attached hydrogens (tertiary/aromatic N) is 2. The van der Waals surface area contributed by atoms with Crippen molar-refractivity contribution >= 4 is 39.4 Å². The molecule has 1 amide bonds. The monoisotopic (exact) mass is 553 g/mol. The Balaban J connectivity index is 1.81. The Labute approximate surface area is 227 Å². The third-order valence-corrected chi connectivity index (χ3v) is 7.12. The molecule has 0 radical (unpaired) electrons. The summed E-state index contributed by atoms with van der Waals surface area (Å²) in [4.78, 5) is 12.9. The number of carbonyl (C=O) groups excluding carboxylic acids is 1. The Kier molecular flexibility index (Phi) is 10.1. The highest BCUT2D eigenvalue weighted by Gasteiger charge is 2.27. The number of aryl methyl sites for hydroxylation is 1. The van der Waals surface area contributed by atoms with Crippen molar-refractivity contribution in [3.8, 4) is 11.5 Å². The summed E-state index contributed by atoms with van der Waals surface area (Å²) < 4.78 is 39.1. The molecule has 0 saturated carbocycles. The summed E-state index contributed by atoms with van der Waals surface area (Å²) in [5.74, 6) is 0.381. The highest BCUT2D eigenvalue weighted by molar-refractivity contribution is 7.92. The maximum atomic E-state index is 13.5. The minimum absolute atomic E-state index is 0.0437. The lowest BCUT2D eigenvalue weighted by atomic mass is 10.2. The summed E-state index contributed by atoms with van der Waals surface area (Å²) in [7, 11) is -4.08. The van der Waals surface area contributed by atoms with Crippen molar-refractivity contribution in [3.05, 3.63) is 108 Å². The van der Waals surface area contributed by atoms with Gasteiger partial charge in [-0.2, -0.15) is 5.10 Å². The number of hydrazone groups is 1. The molecule has 0 unspecified atom stereocenters. The number of sulfonamides is 1. The van der Waals surface area contributed by atoms with Crippen LogP contribution in [0.1, 0.15) is 11.1 Å². The number of amides is 1. The van der Waals surface area contributed by atoms with Gasteiger partial charge in [0.25, 0.3) is 15.9 Å². The summed E-state index contributed by atoms with van der Waals surface area (Å²) >= 11 is 6.11. The van der Waals surface area contributed by atoms with Crippen LogP contribution in [0.15, 0.2) is 102 Å². The van der Waals surface area contributed by atoms with Crippen LogP contribution in [0.4, 0.5) is 5.69 Å². The Bertz CT molecular complexity index is 1420. The second-order valence-corrected chi connectivity index (χ2v) is 10.3. The van der Waals surface area contributed by atoms with Gasteiger partial charge in [0.05, 0.1) is 16.8 Å². The smallest absolute Gasteiger partial charge is 0.264 e. The third-order valence-electron chi connectivity index (χ3n) is 5.09. The number of hydrogen-bond acceptors (Lipinski definition) is 6. The predicted molar refractivity (Wildman–Crippen MR) is 151 cm³/mol. The number of anilines is 1. The summed E-state index contributed by atoms with van der Waals surface area (Å²) in [5.41, 5.74) is 4.10. The molecule has 0 saturated heterocycles. The summed E-state index contributed by atoms with van der Waals surface area (Å²) in [6.45, 7) is 9.18. The molecule has 0 aromatic heterocycles. The second-order valence-electron chi connectivity index (χ2n) is 8.00. The van der Waals surface area contributed by atoms with Gasteiger partial charge >= 0.3 is 0 Å². The van der Waals surface area contributed by atoms with Crippen LogP contribution in [0.3, 0.4) is 0 Å². The first-order valence-corrected chi connectivity index (χ1v) is 13.3.